The topological polar surface area (TPSA) is 44.8 Å². The Bertz CT molecular complexity index is 248. The zero-order valence-electron chi connectivity index (χ0n) is 10.7. The SMILES string of the molecule is CN(CCN1CCNCC1)C(=O)C1CCCO1. The second-order valence-electron chi connectivity index (χ2n) is 4.85. The van der Waals surface area contributed by atoms with E-state index in [4.69, 9.17) is 4.74 Å². The van der Waals surface area contributed by atoms with Crippen molar-refractivity contribution < 1.29 is 9.53 Å². The van der Waals surface area contributed by atoms with Crippen LogP contribution in [-0.4, -0.2) is 74.7 Å². The van der Waals surface area contributed by atoms with Gasteiger partial charge in [-0.3, -0.25) is 9.69 Å². The highest BCUT2D eigenvalue weighted by atomic mass is 16.5. The molecule has 0 saturated carbocycles. The number of ether oxygens (including phenoxy) is 1. The summed E-state index contributed by atoms with van der Waals surface area (Å²) in [6.45, 7) is 6.80. The van der Waals surface area contributed by atoms with Gasteiger partial charge < -0.3 is 15.0 Å². The van der Waals surface area contributed by atoms with Gasteiger partial charge in [0.2, 0.25) is 0 Å². The van der Waals surface area contributed by atoms with Gasteiger partial charge in [-0.15, -0.1) is 0 Å². The molecule has 2 aliphatic rings. The molecule has 1 unspecified atom stereocenters. The Morgan fingerprint density at radius 3 is 2.88 bits per heavy atom. The summed E-state index contributed by atoms with van der Waals surface area (Å²) in [7, 11) is 1.88. The fraction of sp³-hybridized carbons (Fsp3) is 0.917. The number of amides is 1. The predicted octanol–water partition coefficient (Wildman–Crippen LogP) is -0.471. The third-order valence-electron chi connectivity index (χ3n) is 3.54. The van der Waals surface area contributed by atoms with Gasteiger partial charge in [0.15, 0.2) is 0 Å². The summed E-state index contributed by atoms with van der Waals surface area (Å²) in [4.78, 5) is 16.2. The Labute approximate surface area is 103 Å². The lowest BCUT2D eigenvalue weighted by atomic mass is 10.2. The van der Waals surface area contributed by atoms with Crippen LogP contribution in [0, 0.1) is 0 Å². The van der Waals surface area contributed by atoms with E-state index in [0.717, 1.165) is 58.7 Å². The summed E-state index contributed by atoms with van der Waals surface area (Å²) in [5, 5.41) is 3.33. The Morgan fingerprint density at radius 1 is 1.47 bits per heavy atom. The maximum Gasteiger partial charge on any atom is 0.251 e. The van der Waals surface area contributed by atoms with Gasteiger partial charge in [0.05, 0.1) is 0 Å². The van der Waals surface area contributed by atoms with Gasteiger partial charge in [-0.05, 0) is 12.8 Å². The van der Waals surface area contributed by atoms with Crippen molar-refractivity contribution in [2.24, 2.45) is 0 Å². The van der Waals surface area contributed by atoms with Crippen LogP contribution in [0.5, 0.6) is 0 Å². The highest BCUT2D eigenvalue weighted by molar-refractivity contribution is 5.80. The molecule has 0 radical (unpaired) electrons. The molecule has 2 saturated heterocycles. The van der Waals surface area contributed by atoms with Crippen molar-refractivity contribution in [1.29, 1.82) is 0 Å². The number of nitrogens with one attached hydrogen (secondary N) is 1. The number of likely N-dealkylation sites (N-methyl/N-ethyl adjacent to an activating group) is 1. The summed E-state index contributed by atoms with van der Waals surface area (Å²) in [6.07, 6.45) is 1.72. The minimum Gasteiger partial charge on any atom is -0.368 e. The number of hydrogen-bond acceptors (Lipinski definition) is 4. The van der Waals surface area contributed by atoms with Crippen molar-refractivity contribution in [3.63, 3.8) is 0 Å². The first-order valence-electron chi connectivity index (χ1n) is 6.57. The van der Waals surface area contributed by atoms with E-state index in [1.54, 1.807) is 0 Å². The zero-order valence-corrected chi connectivity index (χ0v) is 10.7. The van der Waals surface area contributed by atoms with Crippen molar-refractivity contribution in [2.45, 2.75) is 18.9 Å². The second kappa shape index (κ2) is 6.33. The standard InChI is InChI=1S/C12H23N3O2/c1-14(12(16)11-3-2-10-17-11)8-9-15-6-4-13-5-7-15/h11,13H,2-10H2,1H3. The van der Waals surface area contributed by atoms with Gasteiger partial charge in [0.1, 0.15) is 6.10 Å². The Kier molecular flexibility index (Phi) is 4.76. The Balaban J connectivity index is 1.68. The first-order valence-corrected chi connectivity index (χ1v) is 6.57. The summed E-state index contributed by atoms with van der Waals surface area (Å²) in [5.41, 5.74) is 0. The fourth-order valence-corrected chi connectivity index (χ4v) is 2.35. The number of nitrogens with zero attached hydrogens (tertiary/aromatic N) is 2. The van der Waals surface area contributed by atoms with E-state index in [1.165, 1.54) is 0 Å². The fourth-order valence-electron chi connectivity index (χ4n) is 2.35. The first kappa shape index (κ1) is 12.8. The number of carbonyl (C=O) groups is 1. The molecule has 5 heteroatoms. The summed E-state index contributed by atoms with van der Waals surface area (Å²) in [5.74, 6) is 0.151. The largest absolute Gasteiger partial charge is 0.368 e. The van der Waals surface area contributed by atoms with Crippen LogP contribution in [0.3, 0.4) is 0 Å². The predicted molar refractivity (Wildman–Crippen MR) is 65.9 cm³/mol. The van der Waals surface area contributed by atoms with Crippen molar-refractivity contribution in [3.05, 3.63) is 0 Å². The van der Waals surface area contributed by atoms with Gasteiger partial charge >= 0.3 is 0 Å². The van der Waals surface area contributed by atoms with E-state index < -0.39 is 0 Å². The zero-order chi connectivity index (χ0) is 12.1. The molecule has 0 aliphatic carbocycles. The molecule has 1 amide bonds. The molecule has 2 fully saturated rings. The highest BCUT2D eigenvalue weighted by Gasteiger charge is 2.26. The van der Waals surface area contributed by atoms with Crippen molar-refractivity contribution >= 4 is 5.91 Å². The molecule has 1 atom stereocenters. The average Bonchev–Trinajstić information content (AvgIpc) is 2.90. The molecular formula is C12H23N3O2. The summed E-state index contributed by atoms with van der Waals surface area (Å²) in [6, 6.07) is 0. The van der Waals surface area contributed by atoms with Crippen molar-refractivity contribution in [2.75, 3.05) is 52.9 Å². The molecule has 0 bridgehead atoms. The lowest BCUT2D eigenvalue weighted by Crippen LogP contribution is -2.47. The van der Waals surface area contributed by atoms with Crippen LogP contribution in [0.1, 0.15) is 12.8 Å². The number of rotatable bonds is 4. The number of carbonyl (C=O) groups excluding carboxylic acids is 1. The number of hydrogen-bond donors (Lipinski definition) is 1. The number of piperazine rings is 1. The second-order valence-corrected chi connectivity index (χ2v) is 4.85. The van der Waals surface area contributed by atoms with E-state index in [9.17, 15) is 4.79 Å². The minimum absolute atomic E-state index is 0.151. The van der Waals surface area contributed by atoms with Gasteiger partial charge in [0, 0.05) is 52.9 Å². The van der Waals surface area contributed by atoms with Crippen LogP contribution in [0.2, 0.25) is 0 Å². The van der Waals surface area contributed by atoms with Crippen molar-refractivity contribution in [1.82, 2.24) is 15.1 Å². The molecule has 0 spiro atoms. The molecule has 17 heavy (non-hydrogen) atoms. The molecule has 2 aliphatic heterocycles. The third-order valence-corrected chi connectivity index (χ3v) is 3.54. The van der Waals surface area contributed by atoms with E-state index in [-0.39, 0.29) is 12.0 Å². The van der Waals surface area contributed by atoms with Gasteiger partial charge in [-0.2, -0.15) is 0 Å². The molecular weight excluding hydrogens is 218 g/mol. The van der Waals surface area contributed by atoms with E-state index in [1.807, 2.05) is 11.9 Å². The monoisotopic (exact) mass is 241 g/mol. The Hall–Kier alpha value is -0.650. The van der Waals surface area contributed by atoms with E-state index >= 15 is 0 Å². The molecule has 98 valence electrons. The lowest BCUT2D eigenvalue weighted by Gasteiger charge is -2.29. The molecule has 0 aromatic rings. The van der Waals surface area contributed by atoms with Crippen LogP contribution in [-0.2, 0) is 9.53 Å². The van der Waals surface area contributed by atoms with E-state index in [0.29, 0.717) is 0 Å². The van der Waals surface area contributed by atoms with Gasteiger partial charge in [-0.25, -0.2) is 0 Å². The quantitative estimate of drug-likeness (QED) is 0.723. The van der Waals surface area contributed by atoms with Crippen LogP contribution >= 0.6 is 0 Å². The average molecular weight is 241 g/mol. The molecule has 5 nitrogen and oxygen atoms in total. The smallest absolute Gasteiger partial charge is 0.251 e. The normalized spacial score (nSPS) is 26.1. The van der Waals surface area contributed by atoms with Crippen LogP contribution < -0.4 is 5.32 Å². The van der Waals surface area contributed by atoms with Gasteiger partial charge in [-0.1, -0.05) is 0 Å². The van der Waals surface area contributed by atoms with Crippen LogP contribution in [0.4, 0.5) is 0 Å². The molecule has 0 aromatic carbocycles. The third kappa shape index (κ3) is 3.66. The minimum atomic E-state index is -0.178. The lowest BCUT2D eigenvalue weighted by molar-refractivity contribution is -0.139. The van der Waals surface area contributed by atoms with Crippen LogP contribution in [0.25, 0.3) is 0 Å². The molecule has 0 aromatic heterocycles. The van der Waals surface area contributed by atoms with Crippen molar-refractivity contribution in [3.8, 4) is 0 Å². The highest BCUT2D eigenvalue weighted by Crippen LogP contribution is 2.13. The van der Waals surface area contributed by atoms with E-state index in [2.05, 4.69) is 10.2 Å². The molecule has 1 N–H and O–H groups in total. The van der Waals surface area contributed by atoms with Crippen LogP contribution in [0.15, 0.2) is 0 Å². The first-order chi connectivity index (χ1) is 8.27. The Morgan fingerprint density at radius 2 is 2.24 bits per heavy atom. The summed E-state index contributed by atoms with van der Waals surface area (Å²) < 4.78 is 5.41. The maximum absolute atomic E-state index is 12.0. The molecule has 2 rings (SSSR count). The van der Waals surface area contributed by atoms with Gasteiger partial charge in [0.25, 0.3) is 5.91 Å². The maximum atomic E-state index is 12.0. The summed E-state index contributed by atoms with van der Waals surface area (Å²) >= 11 is 0. The molecule has 2 heterocycles.